The van der Waals surface area contributed by atoms with Gasteiger partial charge in [0.2, 0.25) is 5.91 Å². The Morgan fingerprint density at radius 3 is 2.57 bits per heavy atom. The molecule has 0 bridgehead atoms. The number of hydrogen-bond acceptors (Lipinski definition) is 4. The van der Waals surface area contributed by atoms with Gasteiger partial charge in [0.1, 0.15) is 5.69 Å². The van der Waals surface area contributed by atoms with Gasteiger partial charge in [-0.25, -0.2) is 0 Å². The van der Waals surface area contributed by atoms with E-state index in [0.717, 1.165) is 25.9 Å². The molecule has 1 aliphatic rings. The summed E-state index contributed by atoms with van der Waals surface area (Å²) in [5.41, 5.74) is 1.74. The summed E-state index contributed by atoms with van der Waals surface area (Å²) in [6.07, 6.45) is 3.60. The van der Waals surface area contributed by atoms with Crippen molar-refractivity contribution in [1.82, 2.24) is 9.88 Å². The first-order valence-electron chi connectivity index (χ1n) is 9.36. The first kappa shape index (κ1) is 19.5. The van der Waals surface area contributed by atoms with Crippen molar-refractivity contribution in [2.75, 3.05) is 23.7 Å². The van der Waals surface area contributed by atoms with Crippen molar-refractivity contribution in [2.45, 2.75) is 26.7 Å². The fourth-order valence-electron chi connectivity index (χ4n) is 3.32. The number of hydrogen-bond donors (Lipinski definition) is 2. The summed E-state index contributed by atoms with van der Waals surface area (Å²) in [6, 6.07) is 9.99. The number of benzene rings is 1. The van der Waals surface area contributed by atoms with E-state index < -0.39 is 5.91 Å². The molecule has 2 aromatic rings. The predicted molar refractivity (Wildman–Crippen MR) is 107 cm³/mol. The normalized spacial score (nSPS) is 16.4. The van der Waals surface area contributed by atoms with Gasteiger partial charge < -0.3 is 15.5 Å². The topological polar surface area (TPSA) is 91.4 Å². The van der Waals surface area contributed by atoms with Crippen LogP contribution in [0, 0.1) is 5.92 Å². The molecule has 3 amide bonds. The molecule has 0 aliphatic carbocycles. The number of pyridine rings is 1. The molecule has 1 aromatic heterocycles. The lowest BCUT2D eigenvalue weighted by Gasteiger charge is -2.31. The molecule has 146 valence electrons. The average Bonchev–Trinajstić information content (AvgIpc) is 2.67. The van der Waals surface area contributed by atoms with Crippen LogP contribution in [0.2, 0.25) is 0 Å². The summed E-state index contributed by atoms with van der Waals surface area (Å²) >= 11 is 0. The Hall–Kier alpha value is -3.22. The molecule has 7 heteroatoms. The molecule has 3 rings (SSSR count). The number of nitrogens with zero attached hydrogens (tertiary/aromatic N) is 2. The van der Waals surface area contributed by atoms with Gasteiger partial charge in [-0.15, -0.1) is 0 Å². The van der Waals surface area contributed by atoms with Crippen molar-refractivity contribution in [3.8, 4) is 0 Å². The quantitative estimate of drug-likeness (QED) is 0.852. The summed E-state index contributed by atoms with van der Waals surface area (Å²) in [5, 5.41) is 5.41. The Morgan fingerprint density at radius 2 is 1.86 bits per heavy atom. The Bertz CT molecular complexity index is 897. The fourth-order valence-corrected chi connectivity index (χ4v) is 3.32. The first-order chi connectivity index (χ1) is 13.4. The molecule has 1 saturated heterocycles. The van der Waals surface area contributed by atoms with Crippen molar-refractivity contribution in [2.24, 2.45) is 5.92 Å². The van der Waals surface area contributed by atoms with E-state index in [9.17, 15) is 14.4 Å². The maximum atomic E-state index is 12.8. The molecule has 2 heterocycles. The van der Waals surface area contributed by atoms with E-state index in [0.29, 0.717) is 22.9 Å². The molecule has 2 N–H and O–H groups in total. The summed E-state index contributed by atoms with van der Waals surface area (Å²) < 4.78 is 0. The molecular weight excluding hydrogens is 356 g/mol. The number of nitrogens with one attached hydrogen (secondary N) is 2. The van der Waals surface area contributed by atoms with Crippen molar-refractivity contribution in [1.29, 1.82) is 0 Å². The van der Waals surface area contributed by atoms with Crippen LogP contribution in [0.4, 0.5) is 11.4 Å². The van der Waals surface area contributed by atoms with E-state index in [1.807, 2.05) is 4.90 Å². The van der Waals surface area contributed by atoms with Crippen LogP contribution in [0.3, 0.4) is 0 Å². The van der Waals surface area contributed by atoms with Gasteiger partial charge in [-0.05, 0) is 49.1 Å². The molecule has 7 nitrogen and oxygen atoms in total. The van der Waals surface area contributed by atoms with Gasteiger partial charge >= 0.3 is 0 Å². The highest BCUT2D eigenvalue weighted by atomic mass is 16.2. The molecule has 1 aliphatic heterocycles. The standard InChI is InChI=1S/C21H24N4O3/c1-14-5-4-10-25(13-14)21(28)16-8-9-22-19(11-16)20(27)24-18-7-3-6-17(12-18)23-15(2)26/h3,6-9,11-12,14H,4-5,10,13H2,1-2H3,(H,23,26)(H,24,27). The number of aromatic nitrogens is 1. The first-order valence-corrected chi connectivity index (χ1v) is 9.36. The molecule has 0 spiro atoms. The lowest BCUT2D eigenvalue weighted by Crippen LogP contribution is -2.39. The second kappa shape index (κ2) is 8.65. The highest BCUT2D eigenvalue weighted by Gasteiger charge is 2.23. The number of likely N-dealkylation sites (tertiary alicyclic amines) is 1. The second-order valence-electron chi connectivity index (χ2n) is 7.14. The van der Waals surface area contributed by atoms with E-state index in [2.05, 4.69) is 22.5 Å². The van der Waals surface area contributed by atoms with Gasteiger partial charge in [-0.3, -0.25) is 19.4 Å². The van der Waals surface area contributed by atoms with Gasteiger partial charge in [-0.1, -0.05) is 13.0 Å². The summed E-state index contributed by atoms with van der Waals surface area (Å²) in [5.74, 6) is -0.195. The third-order valence-corrected chi connectivity index (χ3v) is 4.62. The van der Waals surface area contributed by atoms with E-state index in [1.54, 1.807) is 30.3 Å². The Kier molecular flexibility index (Phi) is 6.03. The second-order valence-corrected chi connectivity index (χ2v) is 7.14. The Labute approximate surface area is 164 Å². The molecule has 1 aromatic carbocycles. The van der Waals surface area contributed by atoms with Crippen LogP contribution >= 0.6 is 0 Å². The van der Waals surface area contributed by atoms with Gasteiger partial charge in [0.25, 0.3) is 11.8 Å². The molecule has 1 fully saturated rings. The molecule has 0 radical (unpaired) electrons. The predicted octanol–water partition coefficient (Wildman–Crippen LogP) is 3.16. The van der Waals surface area contributed by atoms with Crippen molar-refractivity contribution >= 4 is 29.1 Å². The van der Waals surface area contributed by atoms with Crippen LogP contribution < -0.4 is 10.6 Å². The Morgan fingerprint density at radius 1 is 1.11 bits per heavy atom. The zero-order chi connectivity index (χ0) is 20.1. The molecule has 0 saturated carbocycles. The van der Waals surface area contributed by atoms with E-state index in [4.69, 9.17) is 0 Å². The molecule has 1 atom stereocenters. The monoisotopic (exact) mass is 380 g/mol. The third kappa shape index (κ3) is 4.94. The molecule has 1 unspecified atom stereocenters. The van der Waals surface area contributed by atoms with Gasteiger partial charge in [0, 0.05) is 43.1 Å². The van der Waals surface area contributed by atoms with Crippen molar-refractivity contribution < 1.29 is 14.4 Å². The van der Waals surface area contributed by atoms with Crippen molar-refractivity contribution in [3.63, 3.8) is 0 Å². The number of rotatable bonds is 4. The van der Waals surface area contributed by atoms with Gasteiger partial charge in [0.05, 0.1) is 0 Å². The smallest absolute Gasteiger partial charge is 0.274 e. The summed E-state index contributed by atoms with van der Waals surface area (Å²) in [6.45, 7) is 5.03. The summed E-state index contributed by atoms with van der Waals surface area (Å²) in [4.78, 5) is 42.4. The maximum absolute atomic E-state index is 12.8. The minimum atomic E-state index is -0.415. The number of anilines is 2. The number of piperidine rings is 1. The minimum Gasteiger partial charge on any atom is -0.338 e. The van der Waals surface area contributed by atoms with Crippen LogP contribution in [0.25, 0.3) is 0 Å². The lowest BCUT2D eigenvalue weighted by molar-refractivity contribution is -0.114. The SMILES string of the molecule is CC(=O)Nc1cccc(NC(=O)c2cc(C(=O)N3CCCC(C)C3)ccn2)c1. The number of amides is 3. The van der Waals surface area contributed by atoms with Crippen LogP contribution in [0.5, 0.6) is 0 Å². The largest absolute Gasteiger partial charge is 0.338 e. The van der Waals surface area contributed by atoms with Crippen LogP contribution in [0.1, 0.15) is 47.5 Å². The zero-order valence-corrected chi connectivity index (χ0v) is 16.1. The highest BCUT2D eigenvalue weighted by Crippen LogP contribution is 2.19. The number of carbonyl (C=O) groups excluding carboxylic acids is 3. The summed E-state index contributed by atoms with van der Waals surface area (Å²) in [7, 11) is 0. The van der Waals surface area contributed by atoms with E-state index in [-0.39, 0.29) is 17.5 Å². The van der Waals surface area contributed by atoms with Gasteiger partial charge in [-0.2, -0.15) is 0 Å². The molecule has 28 heavy (non-hydrogen) atoms. The third-order valence-electron chi connectivity index (χ3n) is 4.62. The van der Waals surface area contributed by atoms with E-state index >= 15 is 0 Å². The Balaban J connectivity index is 1.72. The zero-order valence-electron chi connectivity index (χ0n) is 16.1. The lowest BCUT2D eigenvalue weighted by atomic mass is 9.99. The molecular formula is C21H24N4O3. The van der Waals surface area contributed by atoms with Crippen LogP contribution in [0.15, 0.2) is 42.6 Å². The maximum Gasteiger partial charge on any atom is 0.274 e. The van der Waals surface area contributed by atoms with Gasteiger partial charge in [0.15, 0.2) is 0 Å². The van der Waals surface area contributed by atoms with Crippen molar-refractivity contribution in [3.05, 3.63) is 53.9 Å². The minimum absolute atomic E-state index is 0.0735. The van der Waals surface area contributed by atoms with Crippen LogP contribution in [-0.2, 0) is 4.79 Å². The average molecular weight is 380 g/mol. The fraction of sp³-hybridized carbons (Fsp3) is 0.333. The highest BCUT2D eigenvalue weighted by molar-refractivity contribution is 6.05. The van der Waals surface area contributed by atoms with E-state index in [1.165, 1.54) is 19.2 Å². The van der Waals surface area contributed by atoms with Crippen LogP contribution in [-0.4, -0.2) is 40.7 Å². The number of carbonyl (C=O) groups is 3.